The van der Waals surface area contributed by atoms with Crippen molar-refractivity contribution in [3.05, 3.63) is 23.9 Å². The molecule has 2 heterocycles. The first kappa shape index (κ1) is 19.9. The van der Waals surface area contributed by atoms with Gasteiger partial charge in [-0.15, -0.1) is 0 Å². The number of hydrogen-bond acceptors (Lipinski definition) is 4. The van der Waals surface area contributed by atoms with E-state index in [0.29, 0.717) is 31.1 Å². The number of hydrogen-bond donors (Lipinski definition) is 1. The van der Waals surface area contributed by atoms with Crippen LogP contribution in [0, 0.1) is 5.41 Å². The number of aromatic nitrogens is 1. The zero-order chi connectivity index (χ0) is 19.0. The predicted molar refractivity (Wildman–Crippen MR) is 108 cm³/mol. The van der Waals surface area contributed by atoms with Gasteiger partial charge in [0, 0.05) is 39.0 Å². The molecule has 1 saturated carbocycles. The van der Waals surface area contributed by atoms with Crippen LogP contribution in [0.3, 0.4) is 0 Å². The largest absolute Gasteiger partial charge is 0.475 e. The Labute approximate surface area is 163 Å². The molecule has 1 spiro atoms. The summed E-state index contributed by atoms with van der Waals surface area (Å²) in [5.41, 5.74) is 1.63. The molecule has 0 aromatic carbocycles. The Morgan fingerprint density at radius 3 is 2.78 bits per heavy atom. The minimum Gasteiger partial charge on any atom is -0.475 e. The third kappa shape index (κ3) is 5.58. The van der Waals surface area contributed by atoms with Gasteiger partial charge < -0.3 is 19.7 Å². The van der Waals surface area contributed by atoms with E-state index in [0.717, 1.165) is 31.2 Å². The van der Waals surface area contributed by atoms with Crippen LogP contribution in [-0.4, -0.2) is 55.8 Å². The van der Waals surface area contributed by atoms with Crippen LogP contribution in [-0.2, 0) is 11.3 Å². The van der Waals surface area contributed by atoms with Gasteiger partial charge in [-0.3, -0.25) is 0 Å². The van der Waals surface area contributed by atoms with Crippen molar-refractivity contribution in [2.75, 3.05) is 40.0 Å². The zero-order valence-electron chi connectivity index (χ0n) is 16.9. The number of pyridine rings is 1. The Morgan fingerprint density at radius 2 is 2.07 bits per heavy atom. The van der Waals surface area contributed by atoms with Gasteiger partial charge in [0.25, 0.3) is 0 Å². The zero-order valence-corrected chi connectivity index (χ0v) is 16.9. The molecule has 1 N–H and O–H groups in total. The molecule has 6 heteroatoms. The Bertz CT molecular complexity index is 597. The van der Waals surface area contributed by atoms with Gasteiger partial charge in [-0.2, -0.15) is 0 Å². The highest BCUT2D eigenvalue weighted by Crippen LogP contribution is 2.43. The molecule has 3 rings (SSSR count). The van der Waals surface area contributed by atoms with Gasteiger partial charge in [0.2, 0.25) is 5.88 Å². The van der Waals surface area contributed by atoms with Crippen molar-refractivity contribution >= 4 is 5.96 Å². The monoisotopic (exact) mass is 374 g/mol. The Balaban J connectivity index is 1.57. The topological polar surface area (TPSA) is 59.0 Å². The first-order valence-electron chi connectivity index (χ1n) is 10.3. The molecule has 1 aromatic heterocycles. The number of methoxy groups -OCH3 is 1. The average molecular weight is 375 g/mol. The maximum atomic E-state index is 5.52. The molecule has 1 aliphatic heterocycles. The number of nitrogens with zero attached hydrogens (tertiary/aromatic N) is 3. The smallest absolute Gasteiger partial charge is 0.213 e. The summed E-state index contributed by atoms with van der Waals surface area (Å²) in [6.07, 6.45) is 10.1. The molecule has 0 radical (unpaired) electrons. The van der Waals surface area contributed by atoms with E-state index < -0.39 is 0 Å². The van der Waals surface area contributed by atoms with Crippen LogP contribution in [0.15, 0.2) is 23.3 Å². The van der Waals surface area contributed by atoms with Crippen LogP contribution >= 0.6 is 0 Å². The molecule has 0 bridgehead atoms. The highest BCUT2D eigenvalue weighted by atomic mass is 16.5. The lowest BCUT2D eigenvalue weighted by Gasteiger charge is -2.33. The summed E-state index contributed by atoms with van der Waals surface area (Å²) < 4.78 is 10.5. The van der Waals surface area contributed by atoms with E-state index in [1.807, 2.05) is 18.3 Å². The standard InChI is InChI=1S/C21H34N4O2/c1-3-22-20(25-12-11-21(17-25)9-5-4-6-10-21)24-16-18-7-8-19(23-15-18)27-14-13-26-2/h7-8,15H,3-6,9-14,16-17H2,1-2H3,(H,22,24). The molecule has 6 nitrogen and oxygen atoms in total. The fourth-order valence-electron chi connectivity index (χ4n) is 4.24. The Hall–Kier alpha value is -1.82. The summed E-state index contributed by atoms with van der Waals surface area (Å²) in [7, 11) is 1.66. The van der Waals surface area contributed by atoms with Crippen molar-refractivity contribution in [3.63, 3.8) is 0 Å². The number of ether oxygens (including phenoxy) is 2. The van der Waals surface area contributed by atoms with Gasteiger partial charge in [0.05, 0.1) is 13.2 Å². The predicted octanol–water partition coefficient (Wildman–Crippen LogP) is 3.23. The van der Waals surface area contributed by atoms with E-state index in [1.165, 1.54) is 38.5 Å². The highest BCUT2D eigenvalue weighted by molar-refractivity contribution is 5.80. The first-order valence-corrected chi connectivity index (χ1v) is 10.3. The second-order valence-corrected chi connectivity index (χ2v) is 7.75. The molecule has 150 valence electrons. The average Bonchev–Trinajstić information content (AvgIpc) is 3.10. The van der Waals surface area contributed by atoms with Crippen molar-refractivity contribution in [2.45, 2.75) is 52.0 Å². The summed E-state index contributed by atoms with van der Waals surface area (Å²) in [6, 6.07) is 3.94. The molecule has 1 aliphatic carbocycles. The third-order valence-corrected chi connectivity index (χ3v) is 5.73. The molecule has 1 aromatic rings. The molecule has 1 saturated heterocycles. The van der Waals surface area contributed by atoms with Crippen LogP contribution in [0.5, 0.6) is 5.88 Å². The van der Waals surface area contributed by atoms with Crippen molar-refractivity contribution < 1.29 is 9.47 Å². The van der Waals surface area contributed by atoms with E-state index in [1.54, 1.807) is 7.11 Å². The summed E-state index contributed by atoms with van der Waals surface area (Å²) in [6.45, 7) is 7.03. The molecule has 0 atom stereocenters. The van der Waals surface area contributed by atoms with Crippen LogP contribution < -0.4 is 10.1 Å². The van der Waals surface area contributed by atoms with Crippen molar-refractivity contribution in [2.24, 2.45) is 10.4 Å². The molecule has 0 unspecified atom stereocenters. The Kier molecular flexibility index (Phi) is 7.33. The molecular weight excluding hydrogens is 340 g/mol. The third-order valence-electron chi connectivity index (χ3n) is 5.73. The summed E-state index contributed by atoms with van der Waals surface area (Å²) in [5.74, 6) is 1.67. The fourth-order valence-corrected chi connectivity index (χ4v) is 4.24. The van der Waals surface area contributed by atoms with Crippen LogP contribution in [0.2, 0.25) is 0 Å². The summed E-state index contributed by atoms with van der Waals surface area (Å²) >= 11 is 0. The highest BCUT2D eigenvalue weighted by Gasteiger charge is 2.39. The normalized spacial score (nSPS) is 19.5. The van der Waals surface area contributed by atoms with Crippen LogP contribution in [0.4, 0.5) is 0 Å². The minimum absolute atomic E-state index is 0.516. The van der Waals surface area contributed by atoms with Gasteiger partial charge in [0.1, 0.15) is 6.61 Å². The Morgan fingerprint density at radius 1 is 1.22 bits per heavy atom. The molecule has 2 aliphatic rings. The number of nitrogens with one attached hydrogen (secondary N) is 1. The van der Waals surface area contributed by atoms with Crippen LogP contribution in [0.25, 0.3) is 0 Å². The number of guanidine groups is 1. The first-order chi connectivity index (χ1) is 13.2. The van der Waals surface area contributed by atoms with Crippen molar-refractivity contribution in [1.29, 1.82) is 0 Å². The lowest BCUT2D eigenvalue weighted by molar-refractivity contribution is 0.143. The number of aliphatic imine (C=N–C) groups is 1. The van der Waals surface area contributed by atoms with E-state index in [9.17, 15) is 0 Å². The summed E-state index contributed by atoms with van der Waals surface area (Å²) in [5, 5.41) is 3.48. The van der Waals surface area contributed by atoms with Gasteiger partial charge in [-0.05, 0) is 37.2 Å². The van der Waals surface area contributed by atoms with Crippen molar-refractivity contribution in [1.82, 2.24) is 15.2 Å². The van der Waals surface area contributed by atoms with E-state index in [4.69, 9.17) is 14.5 Å². The SMILES string of the molecule is CCNC(=NCc1ccc(OCCOC)nc1)N1CCC2(CCCCC2)C1. The summed E-state index contributed by atoms with van der Waals surface area (Å²) in [4.78, 5) is 11.7. The molecule has 0 amide bonds. The van der Waals surface area contributed by atoms with Crippen LogP contribution in [0.1, 0.15) is 51.0 Å². The lowest BCUT2D eigenvalue weighted by atomic mass is 9.73. The van der Waals surface area contributed by atoms with Gasteiger partial charge in [-0.1, -0.05) is 25.3 Å². The van der Waals surface area contributed by atoms with E-state index >= 15 is 0 Å². The fraction of sp³-hybridized carbons (Fsp3) is 0.714. The maximum absolute atomic E-state index is 5.52. The minimum atomic E-state index is 0.516. The number of rotatable bonds is 7. The molecule has 2 fully saturated rings. The molecule has 27 heavy (non-hydrogen) atoms. The molecular formula is C21H34N4O2. The van der Waals surface area contributed by atoms with Crippen molar-refractivity contribution in [3.8, 4) is 5.88 Å². The van der Waals surface area contributed by atoms with Gasteiger partial charge in [-0.25, -0.2) is 9.98 Å². The quantitative estimate of drug-likeness (QED) is 0.451. The second kappa shape index (κ2) is 9.93. The van der Waals surface area contributed by atoms with Gasteiger partial charge in [0.15, 0.2) is 5.96 Å². The maximum Gasteiger partial charge on any atom is 0.213 e. The lowest BCUT2D eigenvalue weighted by Crippen LogP contribution is -2.41. The van der Waals surface area contributed by atoms with E-state index in [-0.39, 0.29) is 0 Å². The van der Waals surface area contributed by atoms with Gasteiger partial charge >= 0.3 is 0 Å². The van der Waals surface area contributed by atoms with E-state index in [2.05, 4.69) is 22.1 Å². The number of likely N-dealkylation sites (tertiary alicyclic amines) is 1. The second-order valence-electron chi connectivity index (χ2n) is 7.75.